The van der Waals surface area contributed by atoms with Crippen molar-refractivity contribution in [3.63, 3.8) is 0 Å². The SMILES string of the molecule is CN(C)CCOc1ccc(-c2noc([C@@H]3CO[C@@H]4CNC[C@@H]43)n2)cc1. The molecule has 2 aromatic rings. The zero-order valence-electron chi connectivity index (χ0n) is 14.6. The number of aromatic nitrogens is 2. The van der Waals surface area contributed by atoms with Gasteiger partial charge in [-0.1, -0.05) is 5.16 Å². The van der Waals surface area contributed by atoms with Crippen molar-refractivity contribution in [2.75, 3.05) is 46.9 Å². The monoisotopic (exact) mass is 344 g/mol. The van der Waals surface area contributed by atoms with Crippen LogP contribution in [-0.4, -0.2) is 68.1 Å². The number of hydrogen-bond donors (Lipinski definition) is 1. The highest BCUT2D eigenvalue weighted by atomic mass is 16.5. The minimum absolute atomic E-state index is 0.190. The molecule has 0 unspecified atom stereocenters. The average Bonchev–Trinajstić information content (AvgIpc) is 3.31. The highest BCUT2D eigenvalue weighted by Crippen LogP contribution is 2.37. The second-order valence-corrected chi connectivity index (χ2v) is 6.93. The minimum Gasteiger partial charge on any atom is -0.492 e. The third kappa shape index (κ3) is 3.53. The predicted molar refractivity (Wildman–Crippen MR) is 92.6 cm³/mol. The number of nitrogens with zero attached hydrogens (tertiary/aromatic N) is 3. The summed E-state index contributed by atoms with van der Waals surface area (Å²) in [5.41, 5.74) is 0.926. The van der Waals surface area contributed by atoms with Crippen molar-refractivity contribution >= 4 is 0 Å². The molecular weight excluding hydrogens is 320 g/mol. The molecule has 2 aliphatic heterocycles. The molecule has 0 bridgehead atoms. The second kappa shape index (κ2) is 7.11. The van der Waals surface area contributed by atoms with E-state index in [2.05, 4.69) is 20.4 Å². The van der Waals surface area contributed by atoms with Crippen molar-refractivity contribution in [3.8, 4) is 17.1 Å². The number of fused-ring (bicyclic) bond motifs is 1. The van der Waals surface area contributed by atoms with Crippen molar-refractivity contribution in [1.29, 1.82) is 0 Å². The summed E-state index contributed by atoms with van der Waals surface area (Å²) in [5, 5.41) is 7.51. The molecule has 4 rings (SSSR count). The fourth-order valence-corrected chi connectivity index (χ4v) is 3.41. The molecule has 25 heavy (non-hydrogen) atoms. The lowest BCUT2D eigenvalue weighted by atomic mass is 9.93. The van der Waals surface area contributed by atoms with Crippen molar-refractivity contribution in [2.24, 2.45) is 5.92 Å². The van der Waals surface area contributed by atoms with Gasteiger partial charge in [0.15, 0.2) is 0 Å². The van der Waals surface area contributed by atoms with Gasteiger partial charge >= 0.3 is 0 Å². The Balaban J connectivity index is 1.41. The normalized spacial score (nSPS) is 25.5. The predicted octanol–water partition coefficient (Wildman–Crippen LogP) is 1.38. The summed E-state index contributed by atoms with van der Waals surface area (Å²) < 4.78 is 17.1. The Morgan fingerprint density at radius 1 is 1.24 bits per heavy atom. The van der Waals surface area contributed by atoms with E-state index in [1.807, 2.05) is 38.4 Å². The first-order chi connectivity index (χ1) is 12.2. The molecular formula is C18H24N4O3. The molecule has 3 atom stereocenters. The number of likely N-dealkylation sites (N-methyl/N-ethyl adjacent to an activating group) is 1. The van der Waals surface area contributed by atoms with Crippen LogP contribution in [0.5, 0.6) is 5.75 Å². The van der Waals surface area contributed by atoms with Crippen molar-refractivity contribution < 1.29 is 14.0 Å². The first-order valence-electron chi connectivity index (χ1n) is 8.74. The molecule has 2 aliphatic rings. The van der Waals surface area contributed by atoms with Gasteiger partial charge in [-0.05, 0) is 38.4 Å². The van der Waals surface area contributed by atoms with E-state index in [0.29, 0.717) is 30.8 Å². The summed E-state index contributed by atoms with van der Waals surface area (Å²) in [4.78, 5) is 6.69. The van der Waals surface area contributed by atoms with Crippen LogP contribution >= 0.6 is 0 Å². The van der Waals surface area contributed by atoms with Gasteiger partial charge in [-0.2, -0.15) is 4.98 Å². The van der Waals surface area contributed by atoms with Gasteiger partial charge in [0.1, 0.15) is 12.4 Å². The Morgan fingerprint density at radius 2 is 2.08 bits per heavy atom. The van der Waals surface area contributed by atoms with Crippen LogP contribution in [0.1, 0.15) is 11.8 Å². The van der Waals surface area contributed by atoms with Crippen LogP contribution in [0.3, 0.4) is 0 Å². The lowest BCUT2D eigenvalue weighted by Crippen LogP contribution is -2.19. The fourth-order valence-electron chi connectivity index (χ4n) is 3.41. The lowest BCUT2D eigenvalue weighted by Gasteiger charge is -2.11. The molecule has 0 radical (unpaired) electrons. The van der Waals surface area contributed by atoms with Crippen molar-refractivity contribution in [1.82, 2.24) is 20.4 Å². The largest absolute Gasteiger partial charge is 0.492 e. The molecule has 7 heteroatoms. The number of benzene rings is 1. The van der Waals surface area contributed by atoms with Gasteiger partial charge in [0.05, 0.1) is 18.6 Å². The van der Waals surface area contributed by atoms with Crippen LogP contribution in [0.4, 0.5) is 0 Å². The topological polar surface area (TPSA) is 72.7 Å². The molecule has 0 amide bonds. The Bertz CT molecular complexity index is 701. The van der Waals surface area contributed by atoms with Gasteiger partial charge in [-0.15, -0.1) is 0 Å². The van der Waals surface area contributed by atoms with Gasteiger partial charge < -0.3 is 24.2 Å². The molecule has 1 aromatic heterocycles. The van der Waals surface area contributed by atoms with E-state index in [1.165, 1.54) is 0 Å². The zero-order valence-corrected chi connectivity index (χ0v) is 14.6. The summed E-state index contributed by atoms with van der Waals surface area (Å²) in [7, 11) is 4.05. The van der Waals surface area contributed by atoms with Gasteiger partial charge in [-0.25, -0.2) is 0 Å². The molecule has 2 fully saturated rings. The Hall–Kier alpha value is -1.96. The summed E-state index contributed by atoms with van der Waals surface area (Å²) in [6.45, 7) is 4.08. The van der Waals surface area contributed by atoms with E-state index in [1.54, 1.807) is 0 Å². The van der Waals surface area contributed by atoms with E-state index >= 15 is 0 Å². The molecule has 0 saturated carbocycles. The Morgan fingerprint density at radius 3 is 2.88 bits per heavy atom. The lowest BCUT2D eigenvalue weighted by molar-refractivity contribution is 0.110. The molecule has 7 nitrogen and oxygen atoms in total. The minimum atomic E-state index is 0.190. The van der Waals surface area contributed by atoms with Crippen LogP contribution in [-0.2, 0) is 4.74 Å². The van der Waals surface area contributed by atoms with Crippen LogP contribution in [0.2, 0.25) is 0 Å². The van der Waals surface area contributed by atoms with Gasteiger partial charge in [0.2, 0.25) is 11.7 Å². The summed E-state index contributed by atoms with van der Waals surface area (Å²) in [5.74, 6) is 2.76. The molecule has 3 heterocycles. The molecule has 0 aliphatic carbocycles. The Kier molecular flexibility index (Phi) is 4.70. The first-order valence-corrected chi connectivity index (χ1v) is 8.74. The highest BCUT2D eigenvalue weighted by molar-refractivity contribution is 5.55. The standard InChI is InChI=1S/C18H24N4O3/c1-22(2)7-8-23-13-5-3-12(4-6-13)17-20-18(25-21-17)15-11-24-16-10-19-9-14(15)16/h3-6,14-16,19H,7-11H2,1-2H3/t14-,15-,16-/m1/s1. The van der Waals surface area contributed by atoms with Crippen molar-refractivity contribution in [3.05, 3.63) is 30.2 Å². The molecule has 1 N–H and O–H groups in total. The maximum Gasteiger partial charge on any atom is 0.232 e. The number of rotatable bonds is 6. The number of hydrogen-bond acceptors (Lipinski definition) is 7. The van der Waals surface area contributed by atoms with E-state index in [0.717, 1.165) is 30.9 Å². The van der Waals surface area contributed by atoms with Crippen LogP contribution in [0, 0.1) is 5.92 Å². The van der Waals surface area contributed by atoms with Crippen molar-refractivity contribution in [2.45, 2.75) is 12.0 Å². The van der Waals surface area contributed by atoms with E-state index in [-0.39, 0.29) is 12.0 Å². The highest BCUT2D eigenvalue weighted by Gasteiger charge is 2.43. The van der Waals surface area contributed by atoms with Crippen LogP contribution in [0.25, 0.3) is 11.4 Å². The smallest absolute Gasteiger partial charge is 0.232 e. The first kappa shape index (κ1) is 16.5. The second-order valence-electron chi connectivity index (χ2n) is 6.93. The van der Waals surface area contributed by atoms with Gasteiger partial charge in [0.25, 0.3) is 0 Å². The number of nitrogens with one attached hydrogen (secondary N) is 1. The molecule has 134 valence electrons. The fraction of sp³-hybridized carbons (Fsp3) is 0.556. The van der Waals surface area contributed by atoms with E-state index < -0.39 is 0 Å². The quantitative estimate of drug-likeness (QED) is 0.849. The van der Waals surface area contributed by atoms with Crippen LogP contribution in [0.15, 0.2) is 28.8 Å². The number of ether oxygens (including phenoxy) is 2. The van der Waals surface area contributed by atoms with Crippen LogP contribution < -0.4 is 10.1 Å². The summed E-state index contributed by atoms with van der Waals surface area (Å²) in [6, 6.07) is 7.81. The third-order valence-corrected chi connectivity index (χ3v) is 4.89. The zero-order chi connectivity index (χ0) is 17.2. The maximum absolute atomic E-state index is 5.82. The van der Waals surface area contributed by atoms with Gasteiger partial charge in [-0.3, -0.25) is 0 Å². The maximum atomic E-state index is 5.82. The summed E-state index contributed by atoms with van der Waals surface area (Å²) >= 11 is 0. The molecule has 2 saturated heterocycles. The average molecular weight is 344 g/mol. The third-order valence-electron chi connectivity index (χ3n) is 4.89. The molecule has 0 spiro atoms. The van der Waals surface area contributed by atoms with Gasteiger partial charge in [0, 0.05) is 31.1 Å². The summed E-state index contributed by atoms with van der Waals surface area (Å²) in [6.07, 6.45) is 0.277. The Labute approximate surface area is 147 Å². The van der Waals surface area contributed by atoms with E-state index in [4.69, 9.17) is 14.0 Å². The van der Waals surface area contributed by atoms with E-state index in [9.17, 15) is 0 Å². The molecule has 1 aromatic carbocycles.